The third kappa shape index (κ3) is 3.72. The molecule has 2 amide bonds. The Kier molecular flexibility index (Phi) is 5.30. The van der Waals surface area contributed by atoms with Gasteiger partial charge in [-0.25, -0.2) is 9.37 Å². The lowest BCUT2D eigenvalue weighted by Gasteiger charge is -2.27. The average molecular weight is 447 g/mol. The van der Waals surface area contributed by atoms with Gasteiger partial charge in [0.2, 0.25) is 5.91 Å². The van der Waals surface area contributed by atoms with E-state index in [1.807, 2.05) is 12.1 Å². The number of nitrogens with zero attached hydrogens (tertiary/aromatic N) is 2. The number of pyridine rings is 1. The third-order valence-corrected chi connectivity index (χ3v) is 6.11. The summed E-state index contributed by atoms with van der Waals surface area (Å²) in [5.41, 5.74) is 10.6. The van der Waals surface area contributed by atoms with Gasteiger partial charge in [0.1, 0.15) is 0 Å². The van der Waals surface area contributed by atoms with Crippen molar-refractivity contribution < 1.29 is 23.5 Å². The zero-order valence-electron chi connectivity index (χ0n) is 18.1. The summed E-state index contributed by atoms with van der Waals surface area (Å²) >= 11 is 0. The number of rotatable bonds is 4. The van der Waals surface area contributed by atoms with Gasteiger partial charge in [0.15, 0.2) is 11.6 Å². The highest BCUT2D eigenvalue weighted by atomic mass is 19.1. The minimum Gasteiger partial charge on any atom is -0.494 e. The first-order valence-electron chi connectivity index (χ1n) is 10.6. The summed E-state index contributed by atoms with van der Waals surface area (Å²) in [5.74, 6) is -1.03. The van der Waals surface area contributed by atoms with Crippen molar-refractivity contribution in [2.24, 2.45) is 5.73 Å². The van der Waals surface area contributed by atoms with Crippen LogP contribution in [0.4, 0.5) is 4.39 Å². The zero-order chi connectivity index (χ0) is 23.1. The van der Waals surface area contributed by atoms with Crippen molar-refractivity contribution >= 4 is 11.8 Å². The lowest BCUT2D eigenvalue weighted by molar-refractivity contribution is 0.0303. The summed E-state index contributed by atoms with van der Waals surface area (Å²) in [6, 6.07) is 11.6. The van der Waals surface area contributed by atoms with E-state index in [-0.39, 0.29) is 11.7 Å². The van der Waals surface area contributed by atoms with Gasteiger partial charge < -0.3 is 20.1 Å². The lowest BCUT2D eigenvalue weighted by atomic mass is 10.0. The van der Waals surface area contributed by atoms with E-state index in [1.54, 1.807) is 23.1 Å². The number of benzene rings is 2. The van der Waals surface area contributed by atoms with Crippen molar-refractivity contribution in [1.29, 1.82) is 0 Å². The Bertz CT molecular complexity index is 1280. The second kappa shape index (κ2) is 8.29. The SMILES string of the molecule is COc1ccc(-c2cc(C(N)=O)c3c(n2)-c2ccc(C(=O)N4CCOCC4)cc2C3)cc1F. The number of carbonyl (C=O) groups is 2. The minimum absolute atomic E-state index is 0.0467. The number of carbonyl (C=O) groups excluding carboxylic acids is 2. The van der Waals surface area contributed by atoms with Crippen molar-refractivity contribution in [3.63, 3.8) is 0 Å². The number of amides is 2. The Morgan fingerprint density at radius 1 is 1.12 bits per heavy atom. The topological polar surface area (TPSA) is 94.8 Å². The van der Waals surface area contributed by atoms with Crippen molar-refractivity contribution in [3.8, 4) is 28.3 Å². The van der Waals surface area contributed by atoms with Gasteiger partial charge in [0.25, 0.3) is 5.91 Å². The highest BCUT2D eigenvalue weighted by Gasteiger charge is 2.28. The van der Waals surface area contributed by atoms with E-state index in [2.05, 4.69) is 0 Å². The summed E-state index contributed by atoms with van der Waals surface area (Å²) < 4.78 is 24.6. The van der Waals surface area contributed by atoms with Crippen LogP contribution in [0.15, 0.2) is 42.5 Å². The van der Waals surface area contributed by atoms with E-state index in [9.17, 15) is 14.0 Å². The molecule has 0 spiro atoms. The summed E-state index contributed by atoms with van der Waals surface area (Å²) in [6.45, 7) is 2.18. The van der Waals surface area contributed by atoms with E-state index in [1.165, 1.54) is 19.2 Å². The first-order chi connectivity index (χ1) is 16.0. The van der Waals surface area contributed by atoms with Gasteiger partial charge >= 0.3 is 0 Å². The molecule has 2 N–H and O–H groups in total. The maximum atomic E-state index is 14.3. The number of primary amides is 1. The van der Waals surface area contributed by atoms with Gasteiger partial charge in [0, 0.05) is 41.8 Å². The molecule has 1 aromatic heterocycles. The maximum Gasteiger partial charge on any atom is 0.254 e. The van der Waals surface area contributed by atoms with Crippen LogP contribution in [0.5, 0.6) is 5.75 Å². The maximum absolute atomic E-state index is 14.3. The molecule has 0 bridgehead atoms. The summed E-state index contributed by atoms with van der Waals surface area (Å²) in [5, 5.41) is 0. The van der Waals surface area contributed by atoms with Gasteiger partial charge in [-0.1, -0.05) is 6.07 Å². The van der Waals surface area contributed by atoms with Crippen LogP contribution in [0, 0.1) is 5.82 Å². The number of nitrogens with two attached hydrogens (primary N) is 1. The fraction of sp³-hybridized carbons (Fsp3) is 0.240. The lowest BCUT2D eigenvalue weighted by Crippen LogP contribution is -2.40. The van der Waals surface area contributed by atoms with Crippen molar-refractivity contribution in [3.05, 3.63) is 70.5 Å². The molecule has 2 heterocycles. The zero-order valence-corrected chi connectivity index (χ0v) is 18.1. The van der Waals surface area contributed by atoms with E-state index < -0.39 is 11.7 Å². The van der Waals surface area contributed by atoms with Gasteiger partial charge in [-0.2, -0.15) is 0 Å². The van der Waals surface area contributed by atoms with Gasteiger partial charge in [-0.15, -0.1) is 0 Å². The minimum atomic E-state index is -0.582. The number of hydrogen-bond acceptors (Lipinski definition) is 5. The summed E-state index contributed by atoms with van der Waals surface area (Å²) in [4.78, 5) is 31.7. The fourth-order valence-corrected chi connectivity index (χ4v) is 4.41. The molecule has 168 valence electrons. The Morgan fingerprint density at radius 3 is 2.61 bits per heavy atom. The summed E-state index contributed by atoms with van der Waals surface area (Å²) in [6.07, 6.45) is 0.442. The molecule has 1 aliphatic carbocycles. The summed E-state index contributed by atoms with van der Waals surface area (Å²) in [7, 11) is 1.39. The van der Waals surface area contributed by atoms with Crippen LogP contribution >= 0.6 is 0 Å². The second-order valence-corrected chi connectivity index (χ2v) is 8.05. The predicted molar refractivity (Wildman–Crippen MR) is 120 cm³/mol. The molecule has 2 aliphatic rings. The van der Waals surface area contributed by atoms with Crippen LogP contribution in [-0.4, -0.2) is 55.1 Å². The van der Waals surface area contributed by atoms with E-state index in [0.29, 0.717) is 66.4 Å². The molecule has 0 saturated carbocycles. The van der Waals surface area contributed by atoms with E-state index >= 15 is 0 Å². The standard InChI is InChI=1S/C25H22FN3O4/c1-32-22-5-3-14(12-20(22)26)21-13-19(24(27)30)18-11-16-10-15(2-4-17(16)23(18)28-21)25(31)29-6-8-33-9-7-29/h2-5,10,12-13H,6-9,11H2,1H3,(H2,27,30). The Balaban J connectivity index is 1.56. The molecule has 2 aromatic carbocycles. The Hall–Kier alpha value is -3.78. The van der Waals surface area contributed by atoms with Crippen LogP contribution in [-0.2, 0) is 11.2 Å². The molecule has 3 aromatic rings. The number of fused-ring (bicyclic) bond motifs is 3. The monoisotopic (exact) mass is 447 g/mol. The first kappa shape index (κ1) is 21.1. The molecule has 1 aliphatic heterocycles. The van der Waals surface area contributed by atoms with Crippen LogP contribution in [0.3, 0.4) is 0 Å². The van der Waals surface area contributed by atoms with Crippen molar-refractivity contribution in [2.75, 3.05) is 33.4 Å². The quantitative estimate of drug-likeness (QED) is 0.519. The molecule has 0 atom stereocenters. The fourth-order valence-electron chi connectivity index (χ4n) is 4.41. The van der Waals surface area contributed by atoms with Crippen LogP contribution in [0.25, 0.3) is 22.5 Å². The first-order valence-corrected chi connectivity index (χ1v) is 10.6. The predicted octanol–water partition coefficient (Wildman–Crippen LogP) is 3.04. The number of morpholine rings is 1. The largest absolute Gasteiger partial charge is 0.494 e. The molecule has 1 saturated heterocycles. The van der Waals surface area contributed by atoms with Gasteiger partial charge in [-0.05, 0) is 47.5 Å². The molecule has 0 radical (unpaired) electrons. The Labute approximate surface area is 189 Å². The molecule has 1 fully saturated rings. The average Bonchev–Trinajstić information content (AvgIpc) is 3.21. The van der Waals surface area contributed by atoms with Crippen molar-refractivity contribution in [1.82, 2.24) is 9.88 Å². The number of methoxy groups -OCH3 is 1. The number of halogens is 1. The van der Waals surface area contributed by atoms with Crippen LogP contribution in [0.2, 0.25) is 0 Å². The Morgan fingerprint density at radius 2 is 1.91 bits per heavy atom. The van der Waals surface area contributed by atoms with Crippen LogP contribution < -0.4 is 10.5 Å². The molecule has 0 unspecified atom stereocenters. The second-order valence-electron chi connectivity index (χ2n) is 8.05. The highest BCUT2D eigenvalue weighted by molar-refractivity contribution is 6.00. The molecule has 33 heavy (non-hydrogen) atoms. The normalized spacial score (nSPS) is 14.5. The number of aromatic nitrogens is 1. The number of ether oxygens (including phenoxy) is 2. The molecule has 5 rings (SSSR count). The van der Waals surface area contributed by atoms with Crippen molar-refractivity contribution in [2.45, 2.75) is 6.42 Å². The van der Waals surface area contributed by atoms with Crippen LogP contribution in [0.1, 0.15) is 31.8 Å². The van der Waals surface area contributed by atoms with E-state index in [0.717, 1.165) is 11.1 Å². The smallest absolute Gasteiger partial charge is 0.254 e. The number of hydrogen-bond donors (Lipinski definition) is 1. The molecular formula is C25H22FN3O4. The highest BCUT2D eigenvalue weighted by Crippen LogP contribution is 2.39. The van der Waals surface area contributed by atoms with E-state index in [4.69, 9.17) is 20.2 Å². The molecular weight excluding hydrogens is 425 g/mol. The van der Waals surface area contributed by atoms with Gasteiger partial charge in [-0.3, -0.25) is 9.59 Å². The third-order valence-electron chi connectivity index (χ3n) is 6.11. The molecule has 7 nitrogen and oxygen atoms in total. The molecule has 8 heteroatoms. The van der Waals surface area contributed by atoms with Gasteiger partial charge in [0.05, 0.1) is 31.7 Å².